The number of nitrogens with one attached hydrogen (secondary N) is 1. The lowest BCUT2D eigenvalue weighted by Gasteiger charge is -2.37. The van der Waals surface area contributed by atoms with Crippen molar-refractivity contribution >= 4 is 0 Å². The molecule has 0 spiro atoms. The average molecular weight is 232 g/mol. The molecule has 1 aliphatic rings. The van der Waals surface area contributed by atoms with Crippen LogP contribution in [0.15, 0.2) is 24.3 Å². The van der Waals surface area contributed by atoms with Gasteiger partial charge in [0.25, 0.3) is 0 Å². The molecule has 1 aromatic carbocycles. The Balaban J connectivity index is 2.10. The first kappa shape index (κ1) is 12.6. The molecule has 2 heteroatoms. The van der Waals surface area contributed by atoms with Crippen LogP contribution >= 0.6 is 0 Å². The molecular weight excluding hydrogens is 208 g/mol. The third kappa shape index (κ3) is 3.30. The Morgan fingerprint density at radius 2 is 2.18 bits per heavy atom. The summed E-state index contributed by atoms with van der Waals surface area (Å²) in [7, 11) is 0. The normalized spacial score (nSPS) is 21.1. The third-order valence-electron chi connectivity index (χ3n) is 3.65. The van der Waals surface area contributed by atoms with Crippen molar-refractivity contribution in [2.45, 2.75) is 39.3 Å². The smallest absolute Gasteiger partial charge is 0.0281 e. The first-order valence-electron chi connectivity index (χ1n) is 6.59. The molecule has 1 aliphatic heterocycles. The standard InChI is InChI=1S/C15H24N2/c1-13-6-4-7-14(10-13)11-17-9-5-8-16-12-15(17,2)3/h4,6-7,10,16H,5,8-9,11-12H2,1-3H3. The lowest BCUT2D eigenvalue weighted by molar-refractivity contribution is 0.125. The van der Waals surface area contributed by atoms with Crippen molar-refractivity contribution in [1.29, 1.82) is 0 Å². The van der Waals surface area contributed by atoms with Crippen LogP contribution in [0.1, 0.15) is 31.4 Å². The van der Waals surface area contributed by atoms with Crippen LogP contribution in [0.4, 0.5) is 0 Å². The van der Waals surface area contributed by atoms with E-state index in [9.17, 15) is 0 Å². The fourth-order valence-electron chi connectivity index (χ4n) is 2.53. The molecule has 1 heterocycles. The van der Waals surface area contributed by atoms with Gasteiger partial charge < -0.3 is 5.32 Å². The second-order valence-electron chi connectivity index (χ2n) is 5.75. The summed E-state index contributed by atoms with van der Waals surface area (Å²) in [6, 6.07) is 8.86. The van der Waals surface area contributed by atoms with E-state index >= 15 is 0 Å². The van der Waals surface area contributed by atoms with Crippen molar-refractivity contribution in [3.8, 4) is 0 Å². The summed E-state index contributed by atoms with van der Waals surface area (Å²) < 4.78 is 0. The lowest BCUT2D eigenvalue weighted by atomic mass is 10.0. The van der Waals surface area contributed by atoms with Crippen LogP contribution < -0.4 is 5.32 Å². The van der Waals surface area contributed by atoms with Gasteiger partial charge in [-0.25, -0.2) is 0 Å². The van der Waals surface area contributed by atoms with Gasteiger partial charge in [0.15, 0.2) is 0 Å². The number of rotatable bonds is 2. The number of nitrogens with zero attached hydrogens (tertiary/aromatic N) is 1. The fraction of sp³-hybridized carbons (Fsp3) is 0.600. The molecule has 2 rings (SSSR count). The maximum absolute atomic E-state index is 3.52. The van der Waals surface area contributed by atoms with E-state index in [1.165, 1.54) is 24.1 Å². The van der Waals surface area contributed by atoms with Gasteiger partial charge in [-0.1, -0.05) is 29.8 Å². The van der Waals surface area contributed by atoms with Crippen molar-refractivity contribution in [3.05, 3.63) is 35.4 Å². The van der Waals surface area contributed by atoms with Gasteiger partial charge in [0.1, 0.15) is 0 Å². The minimum absolute atomic E-state index is 0.250. The number of hydrogen-bond acceptors (Lipinski definition) is 2. The zero-order valence-electron chi connectivity index (χ0n) is 11.3. The highest BCUT2D eigenvalue weighted by Gasteiger charge is 2.27. The van der Waals surface area contributed by atoms with E-state index in [0.29, 0.717) is 0 Å². The molecule has 0 atom stereocenters. The van der Waals surface area contributed by atoms with Gasteiger partial charge in [-0.05, 0) is 39.3 Å². The van der Waals surface area contributed by atoms with Gasteiger partial charge in [-0.2, -0.15) is 0 Å². The summed E-state index contributed by atoms with van der Waals surface area (Å²) in [6.45, 7) is 11.3. The SMILES string of the molecule is Cc1cccc(CN2CCCNCC2(C)C)c1. The maximum Gasteiger partial charge on any atom is 0.0281 e. The van der Waals surface area contributed by atoms with Gasteiger partial charge in [0.2, 0.25) is 0 Å². The van der Waals surface area contributed by atoms with E-state index < -0.39 is 0 Å². The van der Waals surface area contributed by atoms with Crippen molar-refractivity contribution in [3.63, 3.8) is 0 Å². The quantitative estimate of drug-likeness (QED) is 0.843. The first-order valence-corrected chi connectivity index (χ1v) is 6.59. The molecule has 2 nitrogen and oxygen atoms in total. The molecule has 0 amide bonds. The Bertz CT molecular complexity index is 371. The van der Waals surface area contributed by atoms with Crippen LogP contribution in [0.5, 0.6) is 0 Å². The summed E-state index contributed by atoms with van der Waals surface area (Å²) >= 11 is 0. The monoisotopic (exact) mass is 232 g/mol. The number of hydrogen-bond donors (Lipinski definition) is 1. The van der Waals surface area contributed by atoms with Crippen molar-refractivity contribution < 1.29 is 0 Å². The highest BCUT2D eigenvalue weighted by molar-refractivity contribution is 5.22. The zero-order valence-corrected chi connectivity index (χ0v) is 11.3. The summed E-state index contributed by atoms with van der Waals surface area (Å²) in [5.74, 6) is 0. The topological polar surface area (TPSA) is 15.3 Å². The highest BCUT2D eigenvalue weighted by Crippen LogP contribution is 2.20. The number of benzene rings is 1. The summed E-state index contributed by atoms with van der Waals surface area (Å²) in [5.41, 5.74) is 3.04. The predicted molar refractivity (Wildman–Crippen MR) is 73.2 cm³/mol. The predicted octanol–water partition coefficient (Wildman–Crippen LogP) is 2.57. The van der Waals surface area contributed by atoms with Crippen molar-refractivity contribution in [1.82, 2.24) is 10.2 Å². The Hall–Kier alpha value is -0.860. The van der Waals surface area contributed by atoms with Crippen LogP contribution in [-0.4, -0.2) is 30.1 Å². The average Bonchev–Trinajstić information content (AvgIpc) is 2.41. The van der Waals surface area contributed by atoms with E-state index in [4.69, 9.17) is 0 Å². The van der Waals surface area contributed by atoms with Crippen LogP contribution in [0.2, 0.25) is 0 Å². The van der Waals surface area contributed by atoms with Crippen molar-refractivity contribution in [2.24, 2.45) is 0 Å². The third-order valence-corrected chi connectivity index (χ3v) is 3.65. The zero-order chi connectivity index (χ0) is 12.3. The minimum Gasteiger partial charge on any atom is -0.315 e. The largest absolute Gasteiger partial charge is 0.315 e. The van der Waals surface area contributed by atoms with Gasteiger partial charge in [-0.3, -0.25) is 4.90 Å². The Morgan fingerprint density at radius 1 is 1.35 bits per heavy atom. The van der Waals surface area contributed by atoms with E-state index in [0.717, 1.165) is 19.6 Å². The van der Waals surface area contributed by atoms with Crippen LogP contribution in [-0.2, 0) is 6.54 Å². The minimum atomic E-state index is 0.250. The molecule has 17 heavy (non-hydrogen) atoms. The second kappa shape index (κ2) is 5.19. The second-order valence-corrected chi connectivity index (χ2v) is 5.75. The Morgan fingerprint density at radius 3 is 2.94 bits per heavy atom. The molecule has 0 unspecified atom stereocenters. The molecule has 0 bridgehead atoms. The van der Waals surface area contributed by atoms with E-state index in [-0.39, 0.29) is 5.54 Å². The van der Waals surface area contributed by atoms with Gasteiger partial charge >= 0.3 is 0 Å². The van der Waals surface area contributed by atoms with Crippen LogP contribution in [0.25, 0.3) is 0 Å². The van der Waals surface area contributed by atoms with Gasteiger partial charge in [-0.15, -0.1) is 0 Å². The number of aryl methyl sites for hydroxylation is 1. The molecule has 0 aromatic heterocycles. The van der Waals surface area contributed by atoms with E-state index in [1.54, 1.807) is 0 Å². The fourth-order valence-corrected chi connectivity index (χ4v) is 2.53. The molecule has 1 aromatic rings. The Kier molecular flexibility index (Phi) is 3.85. The molecule has 0 aliphatic carbocycles. The van der Waals surface area contributed by atoms with Gasteiger partial charge in [0.05, 0.1) is 0 Å². The summed E-state index contributed by atoms with van der Waals surface area (Å²) in [5, 5.41) is 3.52. The van der Waals surface area contributed by atoms with Crippen molar-refractivity contribution in [2.75, 3.05) is 19.6 Å². The summed E-state index contributed by atoms with van der Waals surface area (Å²) in [6.07, 6.45) is 1.25. The highest BCUT2D eigenvalue weighted by atomic mass is 15.2. The maximum atomic E-state index is 3.52. The molecule has 94 valence electrons. The molecule has 1 saturated heterocycles. The molecule has 0 radical (unpaired) electrons. The molecule has 1 N–H and O–H groups in total. The van der Waals surface area contributed by atoms with E-state index in [2.05, 4.69) is 55.3 Å². The lowest BCUT2D eigenvalue weighted by Crippen LogP contribution is -2.47. The summed E-state index contributed by atoms with van der Waals surface area (Å²) in [4.78, 5) is 2.60. The van der Waals surface area contributed by atoms with Crippen LogP contribution in [0.3, 0.4) is 0 Å². The first-order chi connectivity index (χ1) is 8.08. The Labute approximate surface area is 105 Å². The van der Waals surface area contributed by atoms with E-state index in [1.807, 2.05) is 0 Å². The van der Waals surface area contributed by atoms with Crippen LogP contribution in [0, 0.1) is 6.92 Å². The van der Waals surface area contributed by atoms with Gasteiger partial charge in [0, 0.05) is 25.2 Å². The molecular formula is C15H24N2. The molecule has 0 saturated carbocycles. The molecule has 1 fully saturated rings.